The average Bonchev–Trinajstić information content (AvgIpc) is 3.42. The fourth-order valence-corrected chi connectivity index (χ4v) is 3.89. The topological polar surface area (TPSA) is 80.3 Å². The Morgan fingerprint density at radius 2 is 1.57 bits per heavy atom. The molecule has 0 saturated carbocycles. The number of carbonyl (C=O) groups excluding carboxylic acids is 2. The van der Waals surface area contributed by atoms with E-state index in [2.05, 4.69) is 0 Å². The molecule has 2 atom stereocenters. The SMILES string of the molecule is C[C@@]1(C(=O)c2ccc3c(c2)OCO3)COC(=O)[C@H]1Cc1ccc2c(c1)OCO2. The molecule has 7 nitrogen and oxygen atoms in total. The van der Waals surface area contributed by atoms with E-state index >= 15 is 0 Å². The maximum absolute atomic E-state index is 13.3. The third-order valence-corrected chi connectivity index (χ3v) is 5.60. The summed E-state index contributed by atoms with van der Waals surface area (Å²) in [6.07, 6.45) is 0.377. The lowest BCUT2D eigenvalue weighted by molar-refractivity contribution is -0.141. The summed E-state index contributed by atoms with van der Waals surface area (Å²) in [5.74, 6) is 1.36. The van der Waals surface area contributed by atoms with Gasteiger partial charge in [-0.05, 0) is 49.2 Å². The molecule has 2 aromatic rings. The molecule has 1 saturated heterocycles. The number of rotatable bonds is 4. The Morgan fingerprint density at radius 1 is 0.929 bits per heavy atom. The number of Topliss-reactive ketones (excluding diaryl/α,β-unsaturated/α-hetero) is 1. The maximum atomic E-state index is 13.3. The van der Waals surface area contributed by atoms with Crippen molar-refractivity contribution in [3.63, 3.8) is 0 Å². The highest BCUT2D eigenvalue weighted by molar-refractivity contribution is 6.04. The molecule has 28 heavy (non-hydrogen) atoms. The fourth-order valence-electron chi connectivity index (χ4n) is 3.89. The highest BCUT2D eigenvalue weighted by Gasteiger charge is 2.52. The van der Waals surface area contributed by atoms with Gasteiger partial charge in [-0.25, -0.2) is 0 Å². The van der Waals surface area contributed by atoms with Gasteiger partial charge >= 0.3 is 5.97 Å². The number of hydrogen-bond donors (Lipinski definition) is 0. The molecule has 3 aliphatic heterocycles. The Hall–Kier alpha value is -3.22. The third kappa shape index (κ3) is 2.58. The fraction of sp³-hybridized carbons (Fsp3) is 0.333. The number of fused-ring (bicyclic) bond motifs is 2. The second kappa shape index (κ2) is 6.15. The summed E-state index contributed by atoms with van der Waals surface area (Å²) < 4.78 is 26.7. The van der Waals surface area contributed by atoms with Crippen LogP contribution in [0.4, 0.5) is 0 Å². The minimum atomic E-state index is -0.971. The van der Waals surface area contributed by atoms with Crippen molar-refractivity contribution in [2.24, 2.45) is 11.3 Å². The molecule has 3 aliphatic rings. The number of esters is 1. The van der Waals surface area contributed by atoms with Gasteiger partial charge in [-0.3, -0.25) is 9.59 Å². The molecule has 7 heteroatoms. The minimum absolute atomic E-state index is 0.0499. The number of ether oxygens (including phenoxy) is 5. The smallest absolute Gasteiger partial charge is 0.310 e. The van der Waals surface area contributed by atoms with Crippen LogP contribution in [-0.4, -0.2) is 31.9 Å². The lowest BCUT2D eigenvalue weighted by Gasteiger charge is -2.26. The van der Waals surface area contributed by atoms with Crippen LogP contribution in [0.25, 0.3) is 0 Å². The van der Waals surface area contributed by atoms with Gasteiger partial charge in [0.15, 0.2) is 28.8 Å². The van der Waals surface area contributed by atoms with Crippen LogP contribution in [0.2, 0.25) is 0 Å². The van der Waals surface area contributed by atoms with Crippen LogP contribution in [0.3, 0.4) is 0 Å². The van der Waals surface area contributed by atoms with Gasteiger partial charge in [0.1, 0.15) is 6.61 Å². The van der Waals surface area contributed by atoms with E-state index in [0.717, 1.165) is 5.56 Å². The van der Waals surface area contributed by atoms with E-state index in [1.807, 2.05) is 18.2 Å². The summed E-state index contributed by atoms with van der Waals surface area (Å²) in [7, 11) is 0. The molecule has 0 aliphatic carbocycles. The molecule has 0 spiro atoms. The Labute approximate surface area is 161 Å². The van der Waals surface area contributed by atoms with Gasteiger partial charge in [-0.2, -0.15) is 0 Å². The summed E-state index contributed by atoms with van der Waals surface area (Å²) in [5, 5.41) is 0. The largest absolute Gasteiger partial charge is 0.464 e. The molecule has 0 radical (unpaired) electrons. The zero-order valence-electron chi connectivity index (χ0n) is 15.2. The summed E-state index contributed by atoms with van der Waals surface area (Å²) >= 11 is 0. The monoisotopic (exact) mass is 382 g/mol. The van der Waals surface area contributed by atoms with Gasteiger partial charge in [-0.1, -0.05) is 6.07 Å². The standard InChI is InChI=1S/C21H18O7/c1-21(19(22)13-3-5-16-18(8-13)28-11-26-16)9-24-20(23)14(21)6-12-2-4-15-17(7-12)27-10-25-15/h2-5,7-8,14H,6,9-11H2,1H3/t14-,21-/m1/s1. The van der Waals surface area contributed by atoms with Crippen molar-refractivity contribution in [3.05, 3.63) is 47.5 Å². The number of carbonyl (C=O) groups is 2. The number of ketones is 1. The van der Waals surface area contributed by atoms with Gasteiger partial charge in [0.25, 0.3) is 0 Å². The summed E-state index contributed by atoms with van der Waals surface area (Å²) in [4.78, 5) is 25.8. The van der Waals surface area contributed by atoms with Gasteiger partial charge in [0, 0.05) is 5.56 Å². The van der Waals surface area contributed by atoms with Crippen LogP contribution in [0.1, 0.15) is 22.8 Å². The molecule has 0 bridgehead atoms. The Morgan fingerprint density at radius 3 is 2.32 bits per heavy atom. The molecule has 0 N–H and O–H groups in total. The van der Waals surface area contributed by atoms with Crippen LogP contribution >= 0.6 is 0 Å². The van der Waals surface area contributed by atoms with Gasteiger partial charge in [-0.15, -0.1) is 0 Å². The molecule has 0 unspecified atom stereocenters. The summed E-state index contributed by atoms with van der Waals surface area (Å²) in [5.41, 5.74) is 0.389. The van der Waals surface area contributed by atoms with E-state index in [-0.39, 0.29) is 31.9 Å². The molecule has 2 aromatic carbocycles. The molecule has 3 heterocycles. The van der Waals surface area contributed by atoms with Crippen molar-refractivity contribution in [2.75, 3.05) is 20.2 Å². The van der Waals surface area contributed by atoms with E-state index in [1.165, 1.54) is 0 Å². The van der Waals surface area contributed by atoms with E-state index < -0.39 is 11.3 Å². The number of cyclic esters (lactones) is 1. The van der Waals surface area contributed by atoms with Crippen LogP contribution in [-0.2, 0) is 16.0 Å². The van der Waals surface area contributed by atoms with Crippen LogP contribution in [0.5, 0.6) is 23.0 Å². The number of benzene rings is 2. The summed E-state index contributed by atoms with van der Waals surface area (Å²) in [6, 6.07) is 10.6. The Kier molecular flexibility index (Phi) is 3.72. The van der Waals surface area contributed by atoms with Crippen molar-refractivity contribution in [1.82, 2.24) is 0 Å². The molecule has 144 valence electrons. The van der Waals surface area contributed by atoms with E-state index in [1.54, 1.807) is 25.1 Å². The predicted molar refractivity (Wildman–Crippen MR) is 95.7 cm³/mol. The van der Waals surface area contributed by atoms with E-state index in [0.29, 0.717) is 35.0 Å². The second-order valence-corrected chi connectivity index (χ2v) is 7.37. The van der Waals surface area contributed by atoms with Crippen molar-refractivity contribution < 1.29 is 33.3 Å². The van der Waals surface area contributed by atoms with E-state index in [4.69, 9.17) is 23.7 Å². The van der Waals surface area contributed by atoms with Crippen molar-refractivity contribution >= 4 is 11.8 Å². The minimum Gasteiger partial charge on any atom is -0.464 e. The highest BCUT2D eigenvalue weighted by Crippen LogP contribution is 2.43. The van der Waals surface area contributed by atoms with Crippen molar-refractivity contribution in [3.8, 4) is 23.0 Å². The quantitative estimate of drug-likeness (QED) is 0.594. The van der Waals surface area contributed by atoms with Gasteiger partial charge in [0.2, 0.25) is 13.6 Å². The number of hydrogen-bond acceptors (Lipinski definition) is 7. The second-order valence-electron chi connectivity index (χ2n) is 7.37. The first kappa shape index (κ1) is 16.9. The first-order valence-electron chi connectivity index (χ1n) is 9.04. The Bertz CT molecular complexity index is 983. The van der Waals surface area contributed by atoms with Crippen LogP contribution in [0, 0.1) is 11.3 Å². The Balaban J connectivity index is 1.44. The molecule has 1 fully saturated rings. The average molecular weight is 382 g/mol. The van der Waals surface area contributed by atoms with Crippen molar-refractivity contribution in [2.45, 2.75) is 13.3 Å². The highest BCUT2D eigenvalue weighted by atomic mass is 16.7. The zero-order valence-corrected chi connectivity index (χ0v) is 15.2. The van der Waals surface area contributed by atoms with Crippen molar-refractivity contribution in [1.29, 1.82) is 0 Å². The first-order valence-corrected chi connectivity index (χ1v) is 9.04. The molecule has 5 rings (SSSR count). The van der Waals surface area contributed by atoms with Gasteiger partial charge < -0.3 is 23.7 Å². The lowest BCUT2D eigenvalue weighted by atomic mass is 9.71. The maximum Gasteiger partial charge on any atom is 0.310 e. The molecular formula is C21H18O7. The first-order chi connectivity index (χ1) is 13.5. The van der Waals surface area contributed by atoms with Crippen LogP contribution in [0.15, 0.2) is 36.4 Å². The van der Waals surface area contributed by atoms with Crippen LogP contribution < -0.4 is 18.9 Å². The lowest BCUT2D eigenvalue weighted by Crippen LogP contribution is -2.37. The van der Waals surface area contributed by atoms with Gasteiger partial charge in [0.05, 0.1) is 11.3 Å². The molecular weight excluding hydrogens is 364 g/mol. The normalized spacial score (nSPS) is 24.3. The van der Waals surface area contributed by atoms with E-state index in [9.17, 15) is 9.59 Å². The molecule has 0 aromatic heterocycles. The third-order valence-electron chi connectivity index (χ3n) is 5.60. The zero-order chi connectivity index (χ0) is 19.3. The molecule has 0 amide bonds. The summed E-state index contributed by atoms with van der Waals surface area (Å²) in [6.45, 7) is 2.15. The predicted octanol–water partition coefficient (Wildman–Crippen LogP) is 2.75.